The van der Waals surface area contributed by atoms with Crippen LogP contribution in [0.25, 0.3) is 17.4 Å². The number of aromatic amines is 1. The summed E-state index contributed by atoms with van der Waals surface area (Å²) in [6.07, 6.45) is 2.00. The fraction of sp³-hybridized carbons (Fsp3) is 0.182. The number of H-pyrrole nitrogens is 1. The van der Waals surface area contributed by atoms with Crippen molar-refractivity contribution in [2.75, 3.05) is 5.32 Å². The molecule has 0 atom stereocenters. The molecule has 4 rings (SSSR count). The lowest BCUT2D eigenvalue weighted by molar-refractivity contribution is -0.385. The lowest BCUT2D eigenvalue weighted by atomic mass is 10.1. The predicted molar refractivity (Wildman–Crippen MR) is 120 cm³/mol. The molecule has 2 N–H and O–H groups in total. The number of rotatable bonds is 6. The maximum atomic E-state index is 12.9. The molecule has 0 radical (unpaired) electrons. The third-order valence-electron chi connectivity index (χ3n) is 5.16. The van der Waals surface area contributed by atoms with Gasteiger partial charge in [-0.15, -0.1) is 0 Å². The number of nitrogens with zero attached hydrogens (tertiary/aromatic N) is 4. The Morgan fingerprint density at radius 1 is 1.27 bits per heavy atom. The molecule has 0 unspecified atom stereocenters. The highest BCUT2D eigenvalue weighted by atomic mass is 16.6. The number of furan rings is 1. The lowest BCUT2D eigenvalue weighted by Crippen LogP contribution is -2.22. The van der Waals surface area contributed by atoms with E-state index in [1.807, 2.05) is 6.92 Å². The Morgan fingerprint density at radius 3 is 2.70 bits per heavy atom. The van der Waals surface area contributed by atoms with Gasteiger partial charge in [0.15, 0.2) is 5.76 Å². The first-order chi connectivity index (χ1) is 15.8. The van der Waals surface area contributed by atoms with Crippen molar-refractivity contribution in [1.82, 2.24) is 19.7 Å². The Hall–Kier alpha value is -4.54. The van der Waals surface area contributed by atoms with Crippen LogP contribution in [-0.4, -0.2) is 30.6 Å². The van der Waals surface area contributed by atoms with E-state index in [2.05, 4.69) is 20.4 Å². The Labute approximate surface area is 187 Å². The van der Waals surface area contributed by atoms with E-state index in [9.17, 15) is 19.7 Å². The maximum Gasteiger partial charge on any atom is 0.273 e. The average molecular weight is 448 g/mol. The van der Waals surface area contributed by atoms with Crippen LogP contribution in [-0.2, 0) is 6.42 Å². The summed E-state index contributed by atoms with van der Waals surface area (Å²) < 4.78 is 6.68. The SMILES string of the molecule is CCc1c(C)nc(-n2nc(-c3ccco3)cc2NC(=O)c2ccc(C)c([N+](=O)[O-])c2)[nH]c1=O. The number of aromatic nitrogens is 4. The standard InChI is InChI=1S/C22H20N6O5/c1-4-15-13(3)23-22(25-21(15)30)27-19(11-16(26-27)18-6-5-9-33-18)24-20(29)14-8-7-12(2)17(10-14)28(31)32/h5-11H,4H2,1-3H3,(H,24,29)(H,23,25,30). The summed E-state index contributed by atoms with van der Waals surface area (Å²) >= 11 is 0. The molecular formula is C22H20N6O5. The van der Waals surface area contributed by atoms with Crippen LogP contribution in [0.1, 0.15) is 34.1 Å². The Morgan fingerprint density at radius 2 is 2.06 bits per heavy atom. The van der Waals surface area contributed by atoms with Crippen LogP contribution >= 0.6 is 0 Å². The lowest BCUT2D eigenvalue weighted by Gasteiger charge is -2.10. The minimum Gasteiger partial charge on any atom is -0.463 e. The smallest absolute Gasteiger partial charge is 0.273 e. The Balaban J connectivity index is 1.78. The van der Waals surface area contributed by atoms with E-state index in [4.69, 9.17) is 4.42 Å². The molecule has 0 saturated heterocycles. The van der Waals surface area contributed by atoms with E-state index in [0.29, 0.717) is 34.7 Å². The quantitative estimate of drug-likeness (QED) is 0.338. The summed E-state index contributed by atoms with van der Waals surface area (Å²) in [5.41, 5.74) is 1.55. The van der Waals surface area contributed by atoms with Gasteiger partial charge in [0.25, 0.3) is 17.2 Å². The monoisotopic (exact) mass is 448 g/mol. The highest BCUT2D eigenvalue weighted by Gasteiger charge is 2.20. The normalized spacial score (nSPS) is 10.9. The molecule has 168 valence electrons. The van der Waals surface area contributed by atoms with Crippen molar-refractivity contribution in [3.63, 3.8) is 0 Å². The zero-order valence-electron chi connectivity index (χ0n) is 18.1. The van der Waals surface area contributed by atoms with E-state index in [-0.39, 0.29) is 28.6 Å². The van der Waals surface area contributed by atoms with Crippen molar-refractivity contribution in [2.45, 2.75) is 27.2 Å². The third-order valence-corrected chi connectivity index (χ3v) is 5.16. The molecule has 33 heavy (non-hydrogen) atoms. The Bertz CT molecular complexity index is 1420. The highest BCUT2D eigenvalue weighted by Crippen LogP contribution is 2.25. The van der Waals surface area contributed by atoms with Gasteiger partial charge in [-0.25, -0.2) is 4.98 Å². The molecule has 0 aliphatic rings. The van der Waals surface area contributed by atoms with Crippen molar-refractivity contribution >= 4 is 17.4 Å². The second-order valence-corrected chi connectivity index (χ2v) is 7.32. The van der Waals surface area contributed by atoms with Crippen molar-refractivity contribution < 1.29 is 14.1 Å². The second kappa shape index (κ2) is 8.54. The van der Waals surface area contributed by atoms with Crippen LogP contribution in [0, 0.1) is 24.0 Å². The topological polar surface area (TPSA) is 149 Å². The Kier molecular flexibility index (Phi) is 5.61. The van der Waals surface area contributed by atoms with Gasteiger partial charge in [-0.2, -0.15) is 9.78 Å². The molecule has 1 aromatic carbocycles. The summed E-state index contributed by atoms with van der Waals surface area (Å²) in [5, 5.41) is 18.4. The summed E-state index contributed by atoms with van der Waals surface area (Å²) in [6, 6.07) is 9.15. The van der Waals surface area contributed by atoms with E-state index < -0.39 is 10.8 Å². The van der Waals surface area contributed by atoms with Gasteiger partial charge in [0.2, 0.25) is 5.95 Å². The predicted octanol–water partition coefficient (Wildman–Crippen LogP) is 3.56. The number of amides is 1. The van der Waals surface area contributed by atoms with Crippen LogP contribution in [0.5, 0.6) is 0 Å². The molecule has 0 spiro atoms. The van der Waals surface area contributed by atoms with Gasteiger partial charge in [0.05, 0.1) is 11.2 Å². The number of hydrogen-bond donors (Lipinski definition) is 2. The summed E-state index contributed by atoms with van der Waals surface area (Å²) in [4.78, 5) is 43.2. The third kappa shape index (κ3) is 4.15. The highest BCUT2D eigenvalue weighted by molar-refractivity contribution is 6.04. The maximum absolute atomic E-state index is 12.9. The minimum atomic E-state index is -0.588. The molecule has 1 amide bonds. The van der Waals surface area contributed by atoms with E-state index in [1.165, 1.54) is 29.1 Å². The van der Waals surface area contributed by atoms with Gasteiger partial charge in [0.1, 0.15) is 11.5 Å². The molecule has 0 saturated carbocycles. The van der Waals surface area contributed by atoms with Gasteiger partial charge in [-0.3, -0.25) is 24.7 Å². The van der Waals surface area contributed by atoms with E-state index >= 15 is 0 Å². The molecule has 3 aromatic heterocycles. The van der Waals surface area contributed by atoms with E-state index in [1.54, 1.807) is 32.0 Å². The fourth-order valence-electron chi connectivity index (χ4n) is 3.42. The number of benzene rings is 1. The molecule has 11 nitrogen and oxygen atoms in total. The number of anilines is 1. The van der Waals surface area contributed by atoms with Gasteiger partial charge >= 0.3 is 0 Å². The fourth-order valence-corrected chi connectivity index (χ4v) is 3.42. The van der Waals surface area contributed by atoms with Crippen LogP contribution in [0.15, 0.2) is 51.9 Å². The van der Waals surface area contributed by atoms with Gasteiger partial charge in [0, 0.05) is 34.5 Å². The summed E-state index contributed by atoms with van der Waals surface area (Å²) in [7, 11) is 0. The second-order valence-electron chi connectivity index (χ2n) is 7.32. The molecular weight excluding hydrogens is 428 g/mol. The first kappa shape index (κ1) is 21.7. The summed E-state index contributed by atoms with van der Waals surface area (Å²) in [5.74, 6) is 0.160. The van der Waals surface area contributed by atoms with Crippen molar-refractivity contribution in [1.29, 1.82) is 0 Å². The van der Waals surface area contributed by atoms with Gasteiger partial charge in [-0.1, -0.05) is 13.0 Å². The number of nitro groups is 1. The molecule has 4 aromatic rings. The van der Waals surface area contributed by atoms with E-state index in [0.717, 1.165) is 0 Å². The number of aryl methyl sites for hydroxylation is 2. The summed E-state index contributed by atoms with van der Waals surface area (Å²) in [6.45, 7) is 5.17. The van der Waals surface area contributed by atoms with Crippen molar-refractivity contribution in [2.24, 2.45) is 0 Å². The zero-order valence-corrected chi connectivity index (χ0v) is 18.1. The number of nitro benzene ring substituents is 1. The molecule has 11 heteroatoms. The molecule has 0 fully saturated rings. The van der Waals surface area contributed by atoms with Crippen LogP contribution in [0.4, 0.5) is 11.5 Å². The minimum absolute atomic E-state index is 0.0959. The van der Waals surface area contributed by atoms with Gasteiger partial charge in [-0.05, 0) is 38.5 Å². The first-order valence-corrected chi connectivity index (χ1v) is 10.1. The molecule has 3 heterocycles. The largest absolute Gasteiger partial charge is 0.463 e. The molecule has 0 aliphatic heterocycles. The average Bonchev–Trinajstić information content (AvgIpc) is 3.43. The zero-order chi connectivity index (χ0) is 23.7. The van der Waals surface area contributed by atoms with Crippen molar-refractivity contribution in [3.8, 4) is 17.4 Å². The first-order valence-electron chi connectivity index (χ1n) is 10.1. The number of carbonyl (C=O) groups is 1. The molecule has 0 aliphatic carbocycles. The van der Waals surface area contributed by atoms with Gasteiger partial charge < -0.3 is 9.73 Å². The number of carbonyl (C=O) groups excluding carboxylic acids is 1. The van der Waals surface area contributed by atoms with Crippen molar-refractivity contribution in [3.05, 3.63) is 85.5 Å². The number of nitrogens with one attached hydrogen (secondary N) is 2. The molecule has 0 bridgehead atoms. The number of hydrogen-bond acceptors (Lipinski definition) is 7. The van der Waals surface area contributed by atoms with Crippen LogP contribution in [0.2, 0.25) is 0 Å². The van der Waals surface area contributed by atoms with Crippen LogP contribution < -0.4 is 10.9 Å². The van der Waals surface area contributed by atoms with Crippen LogP contribution in [0.3, 0.4) is 0 Å².